The molecule has 0 rings (SSSR count). The molecule has 0 aliphatic carbocycles. The summed E-state index contributed by atoms with van der Waals surface area (Å²) in [4.78, 5) is 30.5. The van der Waals surface area contributed by atoms with Crippen LogP contribution in [0.5, 0.6) is 0 Å². The fourth-order valence-corrected chi connectivity index (χ4v) is 1.45. The first-order valence-electron chi connectivity index (χ1n) is 6.85. The van der Waals surface area contributed by atoms with Gasteiger partial charge < -0.3 is 56.8 Å². The van der Waals surface area contributed by atoms with Gasteiger partial charge in [0.25, 0.3) is 0 Å². The van der Waals surface area contributed by atoms with Crippen molar-refractivity contribution >= 4 is 17.9 Å². The largest absolute Gasteiger partial charge is 0.481 e. The van der Waals surface area contributed by atoms with Crippen LogP contribution >= 0.6 is 0 Å². The number of nitrogens with two attached hydrogens (primary N) is 1. The number of carboxylic acid groups (broad SMARTS) is 3. The summed E-state index contributed by atoms with van der Waals surface area (Å²) in [5.74, 6) is -5.02. The first-order chi connectivity index (χ1) is 11.7. The normalized spacial score (nSPS) is 17.1. The van der Waals surface area contributed by atoms with Crippen LogP contribution in [0.1, 0.15) is 12.8 Å². The third-order valence-corrected chi connectivity index (χ3v) is 2.92. The zero-order valence-electron chi connectivity index (χ0n) is 13.3. The molecule has 0 aliphatic heterocycles. The summed E-state index contributed by atoms with van der Waals surface area (Å²) in [6.45, 7) is -0.772. The van der Waals surface area contributed by atoms with Gasteiger partial charge in [0.15, 0.2) is 5.60 Å². The number of carboxylic acids is 3. The Hall–Kier alpha value is -1.91. The standard InChI is InChI=1S/C6H15NO6.C6H8O7/c7-6(13)5(12)4(11)3(10)2(9)1-8;7-3(8)1-6(13,5(11)12)2-4(9)10/h2-6,8-13H,1,7H2;13H,1-2H2,(H,7,8)(H,9,10)(H,11,12)/t2-,3-,4+,5-,6?;/m1./s1. The fourth-order valence-electron chi connectivity index (χ4n) is 1.45. The molecule has 5 atom stereocenters. The minimum Gasteiger partial charge on any atom is -0.481 e. The van der Waals surface area contributed by atoms with Crippen molar-refractivity contribution < 1.29 is 65.4 Å². The van der Waals surface area contributed by atoms with Gasteiger partial charge in [0.05, 0.1) is 19.4 Å². The van der Waals surface area contributed by atoms with Crippen molar-refractivity contribution in [1.82, 2.24) is 0 Å². The van der Waals surface area contributed by atoms with Crippen molar-refractivity contribution in [3.63, 3.8) is 0 Å². The SMILES string of the molecule is NC(O)[C@H](O)[C@@H](O)[C@H](O)[C@H](O)CO.O=C(O)CC(O)(CC(=O)O)C(=O)O. The maximum absolute atomic E-state index is 10.3. The summed E-state index contributed by atoms with van der Waals surface area (Å²) in [7, 11) is 0. The molecule has 0 fully saturated rings. The van der Waals surface area contributed by atoms with Crippen molar-refractivity contribution in [3.05, 3.63) is 0 Å². The van der Waals surface area contributed by atoms with Crippen LogP contribution in [0.4, 0.5) is 0 Å². The molecule has 0 amide bonds. The maximum atomic E-state index is 10.3. The quantitative estimate of drug-likeness (QED) is 0.155. The topological polar surface area (TPSA) is 280 Å². The van der Waals surface area contributed by atoms with Crippen molar-refractivity contribution in [3.8, 4) is 0 Å². The van der Waals surface area contributed by atoms with Crippen LogP contribution in [0.25, 0.3) is 0 Å². The molecule has 0 bridgehead atoms. The lowest BCUT2D eigenvalue weighted by molar-refractivity contribution is -0.170. The van der Waals surface area contributed by atoms with Gasteiger partial charge in [0.2, 0.25) is 0 Å². The number of hydrogen-bond donors (Lipinski definition) is 11. The Morgan fingerprint density at radius 2 is 1.19 bits per heavy atom. The van der Waals surface area contributed by atoms with Gasteiger partial charge in [-0.15, -0.1) is 0 Å². The summed E-state index contributed by atoms with van der Waals surface area (Å²) < 4.78 is 0. The van der Waals surface area contributed by atoms with E-state index in [1.165, 1.54) is 0 Å². The van der Waals surface area contributed by atoms with Crippen LogP contribution in [0, 0.1) is 0 Å². The number of aliphatic hydroxyl groups is 7. The van der Waals surface area contributed by atoms with E-state index in [1.807, 2.05) is 0 Å². The molecule has 0 aromatic rings. The van der Waals surface area contributed by atoms with Gasteiger partial charge in [0, 0.05) is 0 Å². The summed E-state index contributed by atoms with van der Waals surface area (Å²) in [6.07, 6.45) is -11.0. The van der Waals surface area contributed by atoms with Crippen LogP contribution in [-0.2, 0) is 14.4 Å². The van der Waals surface area contributed by atoms with Crippen molar-refractivity contribution in [2.75, 3.05) is 6.61 Å². The van der Waals surface area contributed by atoms with E-state index in [0.717, 1.165) is 0 Å². The van der Waals surface area contributed by atoms with Crippen LogP contribution in [0.15, 0.2) is 0 Å². The molecule has 0 aromatic heterocycles. The Labute approximate surface area is 146 Å². The molecule has 0 aromatic carbocycles. The summed E-state index contributed by atoms with van der Waals surface area (Å²) in [5.41, 5.74) is 2.07. The Balaban J connectivity index is 0. The molecule has 0 saturated heterocycles. The molecule has 0 heterocycles. The van der Waals surface area contributed by atoms with Gasteiger partial charge in [-0.2, -0.15) is 0 Å². The van der Waals surface area contributed by atoms with E-state index >= 15 is 0 Å². The van der Waals surface area contributed by atoms with E-state index in [0.29, 0.717) is 0 Å². The van der Waals surface area contributed by atoms with Crippen LogP contribution < -0.4 is 5.73 Å². The maximum Gasteiger partial charge on any atom is 0.336 e. The van der Waals surface area contributed by atoms with E-state index in [2.05, 4.69) is 0 Å². The zero-order chi connectivity index (χ0) is 21.2. The van der Waals surface area contributed by atoms with Gasteiger partial charge in [-0.05, 0) is 0 Å². The minimum absolute atomic E-state index is 0.772. The predicted octanol–water partition coefficient (Wildman–Crippen LogP) is -5.55. The Morgan fingerprint density at radius 1 is 0.808 bits per heavy atom. The zero-order valence-corrected chi connectivity index (χ0v) is 13.3. The minimum atomic E-state index is -2.74. The number of aliphatic hydroxyl groups excluding tert-OH is 6. The van der Waals surface area contributed by atoms with E-state index in [4.69, 9.17) is 56.8 Å². The predicted molar refractivity (Wildman–Crippen MR) is 78.4 cm³/mol. The summed E-state index contributed by atoms with van der Waals surface area (Å²) in [5, 5.41) is 86.6. The van der Waals surface area contributed by atoms with Gasteiger partial charge in [-0.1, -0.05) is 0 Å². The van der Waals surface area contributed by atoms with Gasteiger partial charge in [-0.3, -0.25) is 9.59 Å². The van der Waals surface area contributed by atoms with E-state index in [-0.39, 0.29) is 0 Å². The van der Waals surface area contributed by atoms with Crippen LogP contribution in [-0.4, -0.2) is 112 Å². The molecule has 0 spiro atoms. The molecule has 14 nitrogen and oxygen atoms in total. The molecular weight excluding hydrogens is 366 g/mol. The monoisotopic (exact) mass is 389 g/mol. The second-order valence-electron chi connectivity index (χ2n) is 5.19. The molecule has 154 valence electrons. The fraction of sp³-hybridized carbons (Fsp3) is 0.750. The molecule has 0 aliphatic rings. The molecular formula is C12H23NO13. The number of rotatable bonds is 10. The Morgan fingerprint density at radius 3 is 1.42 bits per heavy atom. The van der Waals surface area contributed by atoms with E-state index < -0.39 is 73.6 Å². The van der Waals surface area contributed by atoms with Crippen LogP contribution in [0.3, 0.4) is 0 Å². The second kappa shape index (κ2) is 11.7. The second-order valence-corrected chi connectivity index (χ2v) is 5.19. The first kappa shape index (κ1) is 26.3. The van der Waals surface area contributed by atoms with Gasteiger partial charge in [0.1, 0.15) is 30.6 Å². The van der Waals surface area contributed by atoms with Crippen molar-refractivity contribution in [2.24, 2.45) is 5.73 Å². The van der Waals surface area contributed by atoms with Gasteiger partial charge >= 0.3 is 17.9 Å². The lowest BCUT2D eigenvalue weighted by Crippen LogP contribution is -2.52. The number of carbonyl (C=O) groups is 3. The van der Waals surface area contributed by atoms with Crippen molar-refractivity contribution in [1.29, 1.82) is 0 Å². The highest BCUT2D eigenvalue weighted by molar-refractivity contribution is 5.88. The van der Waals surface area contributed by atoms with Gasteiger partial charge in [-0.25, -0.2) is 4.79 Å². The summed E-state index contributed by atoms with van der Waals surface area (Å²) in [6, 6.07) is 0. The highest BCUT2D eigenvalue weighted by Gasteiger charge is 2.40. The molecule has 1 unspecified atom stereocenters. The lowest BCUT2D eigenvalue weighted by Gasteiger charge is -2.26. The van der Waals surface area contributed by atoms with E-state index in [1.54, 1.807) is 0 Å². The van der Waals surface area contributed by atoms with E-state index in [9.17, 15) is 14.4 Å². The average molecular weight is 389 g/mol. The molecule has 14 heteroatoms. The third kappa shape index (κ3) is 9.54. The number of aliphatic carboxylic acids is 3. The smallest absolute Gasteiger partial charge is 0.336 e. The molecule has 0 radical (unpaired) electrons. The average Bonchev–Trinajstić information content (AvgIpc) is 2.50. The lowest BCUT2D eigenvalue weighted by atomic mass is 9.96. The van der Waals surface area contributed by atoms with Crippen molar-refractivity contribution in [2.45, 2.75) is 49.1 Å². The highest BCUT2D eigenvalue weighted by Crippen LogP contribution is 2.15. The third-order valence-electron chi connectivity index (χ3n) is 2.92. The molecule has 12 N–H and O–H groups in total. The van der Waals surface area contributed by atoms with Crippen LogP contribution in [0.2, 0.25) is 0 Å². The molecule has 0 saturated carbocycles. The number of hydrogen-bond acceptors (Lipinski definition) is 11. The Kier molecular flexibility index (Phi) is 11.8. The highest BCUT2D eigenvalue weighted by atomic mass is 16.4. The Bertz CT molecular complexity index is 452. The summed E-state index contributed by atoms with van der Waals surface area (Å²) >= 11 is 0. The first-order valence-corrected chi connectivity index (χ1v) is 6.85. The molecule has 26 heavy (non-hydrogen) atoms.